The van der Waals surface area contributed by atoms with Gasteiger partial charge in [-0.1, -0.05) is 24.3 Å². The summed E-state index contributed by atoms with van der Waals surface area (Å²) in [5.74, 6) is -4.71. The zero-order chi connectivity index (χ0) is 26.6. The summed E-state index contributed by atoms with van der Waals surface area (Å²) in [4.78, 5) is 20.5. The van der Waals surface area contributed by atoms with Gasteiger partial charge in [0.25, 0.3) is 0 Å². The maximum absolute atomic E-state index is 10.6. The van der Waals surface area contributed by atoms with E-state index in [0.717, 1.165) is 31.7 Å². The Bertz CT molecular complexity index is 754. The molecule has 2 aliphatic rings. The summed E-state index contributed by atoms with van der Waals surface area (Å²) in [6, 6.07) is 9.72. The van der Waals surface area contributed by atoms with Gasteiger partial charge in [-0.15, -0.1) is 0 Å². The summed E-state index contributed by atoms with van der Waals surface area (Å²) in [7, 11) is 1.77. The van der Waals surface area contributed by atoms with Gasteiger partial charge in [0.05, 0.1) is 6.61 Å². The first-order valence-corrected chi connectivity index (χ1v) is 10.9. The van der Waals surface area contributed by atoms with Crippen LogP contribution in [0.2, 0.25) is 0 Å². The predicted octanol–water partition coefficient (Wildman–Crippen LogP) is 3.37. The molecule has 7 nitrogen and oxygen atoms in total. The van der Waals surface area contributed by atoms with E-state index in [4.69, 9.17) is 24.5 Å². The summed E-state index contributed by atoms with van der Waals surface area (Å²) in [5, 5.41) is 17.8. The highest BCUT2D eigenvalue weighted by atomic mass is 19.4. The number of rotatable bonds is 6. The molecule has 0 saturated carbocycles. The molecule has 3 rings (SSSR count). The van der Waals surface area contributed by atoms with Crippen LogP contribution in [0.5, 0.6) is 0 Å². The quantitative estimate of drug-likeness (QED) is 0.394. The van der Waals surface area contributed by atoms with Gasteiger partial charge in [0, 0.05) is 26.2 Å². The van der Waals surface area contributed by atoms with E-state index in [-0.39, 0.29) is 0 Å². The van der Waals surface area contributed by atoms with Crippen LogP contribution in [0.15, 0.2) is 24.3 Å². The molecule has 3 N–H and O–H groups in total. The molecule has 13 heteroatoms. The van der Waals surface area contributed by atoms with Gasteiger partial charge in [0.15, 0.2) is 0 Å². The fourth-order valence-electron chi connectivity index (χ4n) is 3.87. The molecule has 0 radical (unpaired) electrons. The molecule has 1 aromatic rings. The molecule has 1 heterocycles. The van der Waals surface area contributed by atoms with Gasteiger partial charge in [0.2, 0.25) is 0 Å². The molecular formula is C22H30F6N2O5. The van der Waals surface area contributed by atoms with Crippen molar-refractivity contribution < 1.29 is 50.9 Å². The molecule has 1 fully saturated rings. The molecule has 1 aliphatic carbocycles. The van der Waals surface area contributed by atoms with Crippen molar-refractivity contribution in [2.45, 2.75) is 44.1 Å². The number of benzene rings is 1. The van der Waals surface area contributed by atoms with Crippen LogP contribution in [-0.2, 0) is 27.2 Å². The largest absolute Gasteiger partial charge is 0.490 e. The first kappa shape index (κ1) is 30.7. The monoisotopic (exact) mass is 516 g/mol. The zero-order valence-corrected chi connectivity index (χ0v) is 19.2. The maximum Gasteiger partial charge on any atom is 0.490 e. The number of alkyl halides is 6. The SMILES string of the molecule is COCCNCC1CCCN(C2Cc3ccccc3C2)C1.O=C(O)C(F)(F)F.O=C(O)C(F)(F)F. The van der Waals surface area contributed by atoms with Crippen LogP contribution < -0.4 is 5.32 Å². The number of hydrogen-bond donors (Lipinski definition) is 3. The standard InChI is InChI=1S/C18H28N2O.2C2HF3O2/c1-21-10-8-19-13-15-5-4-9-20(14-15)18-11-16-6-2-3-7-17(16)12-18;2*3-2(4,5)1(6)7/h2-3,6-7,15,18-19H,4-5,8-14H2,1H3;2*(H,6,7). The van der Waals surface area contributed by atoms with Crippen molar-refractivity contribution in [3.05, 3.63) is 35.4 Å². The molecule has 35 heavy (non-hydrogen) atoms. The Morgan fingerprint density at radius 2 is 1.51 bits per heavy atom. The van der Waals surface area contributed by atoms with Crippen molar-refractivity contribution in [3.8, 4) is 0 Å². The molecule has 1 saturated heterocycles. The number of likely N-dealkylation sites (tertiary alicyclic amines) is 1. The van der Waals surface area contributed by atoms with Gasteiger partial charge in [-0.25, -0.2) is 9.59 Å². The first-order chi connectivity index (χ1) is 16.3. The van der Waals surface area contributed by atoms with E-state index in [1.807, 2.05) is 0 Å². The van der Waals surface area contributed by atoms with Crippen molar-refractivity contribution in [2.24, 2.45) is 5.92 Å². The molecule has 1 atom stereocenters. The first-order valence-electron chi connectivity index (χ1n) is 10.9. The summed E-state index contributed by atoms with van der Waals surface area (Å²) in [6.07, 6.45) is -4.94. The van der Waals surface area contributed by atoms with Crippen LogP contribution in [0.25, 0.3) is 0 Å². The molecule has 0 amide bonds. The van der Waals surface area contributed by atoms with E-state index >= 15 is 0 Å². The average molecular weight is 516 g/mol. The van der Waals surface area contributed by atoms with Crippen LogP contribution in [0.1, 0.15) is 24.0 Å². The van der Waals surface area contributed by atoms with Gasteiger partial charge in [0.1, 0.15) is 0 Å². The summed E-state index contributed by atoms with van der Waals surface area (Å²) in [5.41, 5.74) is 3.14. The molecule has 0 spiro atoms. The normalized spacial score (nSPS) is 18.5. The number of fused-ring (bicyclic) bond motifs is 1. The summed E-state index contributed by atoms with van der Waals surface area (Å²) in [6.45, 7) is 5.47. The Labute approximate surface area is 199 Å². The Morgan fingerprint density at radius 3 is 1.94 bits per heavy atom. The number of nitrogens with zero attached hydrogens (tertiary/aromatic N) is 1. The third-order valence-corrected chi connectivity index (χ3v) is 5.50. The second-order valence-corrected chi connectivity index (χ2v) is 8.14. The fourth-order valence-corrected chi connectivity index (χ4v) is 3.87. The minimum absolute atomic E-state index is 0.740. The van der Waals surface area contributed by atoms with Crippen molar-refractivity contribution in [1.29, 1.82) is 0 Å². The van der Waals surface area contributed by atoms with Crippen LogP contribution in [0.4, 0.5) is 26.3 Å². The van der Waals surface area contributed by atoms with Gasteiger partial charge in [-0.2, -0.15) is 26.3 Å². The topological polar surface area (TPSA) is 99.1 Å². The van der Waals surface area contributed by atoms with Crippen molar-refractivity contribution >= 4 is 11.9 Å². The number of methoxy groups -OCH3 is 1. The Kier molecular flexibility index (Phi) is 12.5. The number of halogens is 6. The van der Waals surface area contributed by atoms with Crippen molar-refractivity contribution in [2.75, 3.05) is 39.9 Å². The minimum Gasteiger partial charge on any atom is -0.475 e. The van der Waals surface area contributed by atoms with E-state index in [2.05, 4.69) is 34.5 Å². The number of carboxylic acids is 2. The summed E-state index contributed by atoms with van der Waals surface area (Å²) < 4.78 is 68.6. The number of piperidine rings is 1. The van der Waals surface area contributed by atoms with Gasteiger partial charge in [-0.3, -0.25) is 4.90 Å². The lowest BCUT2D eigenvalue weighted by Gasteiger charge is -2.37. The molecule has 1 aromatic carbocycles. The highest BCUT2D eigenvalue weighted by Crippen LogP contribution is 2.28. The van der Waals surface area contributed by atoms with E-state index < -0.39 is 24.3 Å². The number of hydrogen-bond acceptors (Lipinski definition) is 5. The average Bonchev–Trinajstić information content (AvgIpc) is 3.21. The molecule has 200 valence electrons. The van der Waals surface area contributed by atoms with E-state index in [1.54, 1.807) is 18.2 Å². The smallest absolute Gasteiger partial charge is 0.475 e. The van der Waals surface area contributed by atoms with Crippen molar-refractivity contribution in [1.82, 2.24) is 10.2 Å². The van der Waals surface area contributed by atoms with Crippen LogP contribution in [-0.4, -0.2) is 85.3 Å². The molecule has 1 unspecified atom stereocenters. The maximum atomic E-state index is 10.6. The van der Waals surface area contributed by atoms with Crippen LogP contribution in [0, 0.1) is 5.92 Å². The number of carbonyl (C=O) groups is 2. The lowest BCUT2D eigenvalue weighted by molar-refractivity contribution is -0.193. The van der Waals surface area contributed by atoms with Gasteiger partial charge in [-0.05, 0) is 55.8 Å². The predicted molar refractivity (Wildman–Crippen MR) is 114 cm³/mol. The number of carboxylic acid groups (broad SMARTS) is 2. The molecular weight excluding hydrogens is 486 g/mol. The third kappa shape index (κ3) is 11.7. The Balaban J connectivity index is 0.000000362. The fraction of sp³-hybridized carbons (Fsp3) is 0.636. The van der Waals surface area contributed by atoms with Gasteiger partial charge >= 0.3 is 24.3 Å². The third-order valence-electron chi connectivity index (χ3n) is 5.50. The highest BCUT2D eigenvalue weighted by molar-refractivity contribution is 5.73. The van der Waals surface area contributed by atoms with Gasteiger partial charge < -0.3 is 20.3 Å². The van der Waals surface area contributed by atoms with Crippen LogP contribution >= 0.6 is 0 Å². The van der Waals surface area contributed by atoms with Crippen LogP contribution in [0.3, 0.4) is 0 Å². The highest BCUT2D eigenvalue weighted by Gasteiger charge is 2.39. The molecule has 0 bridgehead atoms. The molecule has 0 aromatic heterocycles. The second-order valence-electron chi connectivity index (χ2n) is 8.14. The number of nitrogens with one attached hydrogen (secondary N) is 1. The zero-order valence-electron chi connectivity index (χ0n) is 19.2. The minimum atomic E-state index is -5.08. The summed E-state index contributed by atoms with van der Waals surface area (Å²) >= 11 is 0. The number of aliphatic carboxylic acids is 2. The second kappa shape index (κ2) is 14.2. The lowest BCUT2D eigenvalue weighted by atomic mass is 9.96. The van der Waals surface area contributed by atoms with E-state index in [0.29, 0.717) is 0 Å². The van der Waals surface area contributed by atoms with E-state index in [1.165, 1.54) is 38.8 Å². The number of ether oxygens (including phenoxy) is 1. The Hall–Kier alpha value is -2.38. The van der Waals surface area contributed by atoms with Crippen molar-refractivity contribution in [3.63, 3.8) is 0 Å². The van der Waals surface area contributed by atoms with E-state index in [9.17, 15) is 26.3 Å². The molecule has 1 aliphatic heterocycles. The Morgan fingerprint density at radius 1 is 1.03 bits per heavy atom. The lowest BCUT2D eigenvalue weighted by Crippen LogP contribution is -2.45.